The Balaban J connectivity index is 2.33. The summed E-state index contributed by atoms with van der Waals surface area (Å²) in [5, 5.41) is 8.89. The van der Waals surface area contributed by atoms with Crippen LogP contribution in [0.25, 0.3) is 10.8 Å². The summed E-state index contributed by atoms with van der Waals surface area (Å²) >= 11 is 0. The van der Waals surface area contributed by atoms with Crippen LogP contribution in [0.5, 0.6) is 0 Å². The maximum atomic E-state index is 11.9. The molecule has 0 bridgehead atoms. The summed E-state index contributed by atoms with van der Waals surface area (Å²) in [6, 6.07) is 5.53. The molecule has 0 aliphatic heterocycles. The molecular weight excluding hydrogens is 254 g/mol. The zero-order valence-corrected chi connectivity index (χ0v) is 12.1. The van der Waals surface area contributed by atoms with E-state index in [4.69, 9.17) is 0 Å². The van der Waals surface area contributed by atoms with Gasteiger partial charge < -0.3 is 5.32 Å². The Bertz CT molecular complexity index is 700. The number of anilines is 1. The van der Waals surface area contributed by atoms with Crippen molar-refractivity contribution in [3.63, 3.8) is 0 Å². The molecule has 0 aliphatic rings. The van der Waals surface area contributed by atoms with Crippen LogP contribution in [0, 0.1) is 5.92 Å². The maximum Gasteiger partial charge on any atom is 0.272 e. The lowest BCUT2D eigenvalue weighted by Crippen LogP contribution is -2.22. The second-order valence-corrected chi connectivity index (χ2v) is 5.65. The molecular formula is C15H21N3O2. The number of hydrogen-bond donors (Lipinski definition) is 3. The van der Waals surface area contributed by atoms with Crippen molar-refractivity contribution in [1.29, 1.82) is 0 Å². The molecule has 0 aliphatic carbocycles. The molecule has 1 atom stereocenters. The van der Waals surface area contributed by atoms with Gasteiger partial charge in [-0.3, -0.25) is 19.8 Å². The summed E-state index contributed by atoms with van der Waals surface area (Å²) in [7, 11) is 0. The fourth-order valence-electron chi connectivity index (χ4n) is 2.27. The van der Waals surface area contributed by atoms with Crippen LogP contribution in [0.4, 0.5) is 5.69 Å². The molecule has 0 fully saturated rings. The molecule has 0 amide bonds. The van der Waals surface area contributed by atoms with Crippen molar-refractivity contribution < 1.29 is 0 Å². The van der Waals surface area contributed by atoms with Crippen molar-refractivity contribution in [3.05, 3.63) is 38.9 Å². The van der Waals surface area contributed by atoms with E-state index < -0.39 is 0 Å². The second kappa shape index (κ2) is 5.94. The summed E-state index contributed by atoms with van der Waals surface area (Å²) in [6.07, 6.45) is 2.14. The molecule has 1 aromatic heterocycles. The Kier molecular flexibility index (Phi) is 4.27. The normalized spacial score (nSPS) is 12.8. The van der Waals surface area contributed by atoms with Crippen molar-refractivity contribution >= 4 is 16.5 Å². The number of aromatic nitrogens is 2. The minimum atomic E-state index is -0.280. The van der Waals surface area contributed by atoms with E-state index in [1.165, 1.54) is 0 Å². The van der Waals surface area contributed by atoms with E-state index in [0.717, 1.165) is 12.8 Å². The fraction of sp³-hybridized carbons (Fsp3) is 0.467. The lowest BCUT2D eigenvalue weighted by Gasteiger charge is -2.17. The van der Waals surface area contributed by atoms with Gasteiger partial charge in [0, 0.05) is 11.7 Å². The molecule has 0 radical (unpaired) electrons. The molecule has 2 aromatic rings. The summed E-state index contributed by atoms with van der Waals surface area (Å²) in [4.78, 5) is 23.7. The van der Waals surface area contributed by atoms with Crippen LogP contribution in [0.1, 0.15) is 33.6 Å². The van der Waals surface area contributed by atoms with Gasteiger partial charge in [0.25, 0.3) is 11.1 Å². The first-order chi connectivity index (χ1) is 9.49. The van der Waals surface area contributed by atoms with Crippen molar-refractivity contribution in [3.8, 4) is 0 Å². The quantitative estimate of drug-likeness (QED) is 0.784. The van der Waals surface area contributed by atoms with Crippen LogP contribution < -0.4 is 16.4 Å². The smallest absolute Gasteiger partial charge is 0.272 e. The lowest BCUT2D eigenvalue weighted by molar-refractivity contribution is 0.528. The van der Waals surface area contributed by atoms with Gasteiger partial charge in [-0.25, -0.2) is 0 Å². The SMILES string of the molecule is CC(C)CCC(C)Nc1cccc2c(=O)[nH][nH]c(=O)c12. The highest BCUT2D eigenvalue weighted by atomic mass is 16.1. The van der Waals surface area contributed by atoms with E-state index in [1.807, 2.05) is 6.07 Å². The highest BCUT2D eigenvalue weighted by Crippen LogP contribution is 2.19. The predicted octanol–water partition coefficient (Wildman–Crippen LogP) is 2.45. The van der Waals surface area contributed by atoms with Crippen LogP contribution in [0.2, 0.25) is 0 Å². The monoisotopic (exact) mass is 275 g/mol. The highest BCUT2D eigenvalue weighted by Gasteiger charge is 2.10. The van der Waals surface area contributed by atoms with Crippen LogP contribution in [-0.2, 0) is 0 Å². The van der Waals surface area contributed by atoms with Gasteiger partial charge in [-0.15, -0.1) is 0 Å². The highest BCUT2D eigenvalue weighted by molar-refractivity contribution is 5.92. The minimum absolute atomic E-state index is 0.252. The van der Waals surface area contributed by atoms with Crippen LogP contribution in [0.3, 0.4) is 0 Å². The fourth-order valence-corrected chi connectivity index (χ4v) is 2.27. The molecule has 0 saturated heterocycles. The minimum Gasteiger partial charge on any atom is -0.382 e. The van der Waals surface area contributed by atoms with E-state index in [2.05, 4.69) is 36.3 Å². The summed E-state index contributed by atoms with van der Waals surface area (Å²) in [5.74, 6) is 0.651. The summed E-state index contributed by atoms with van der Waals surface area (Å²) in [6.45, 7) is 6.46. The van der Waals surface area contributed by atoms with Crippen LogP contribution >= 0.6 is 0 Å². The van der Waals surface area contributed by atoms with Gasteiger partial charge in [-0.1, -0.05) is 19.9 Å². The van der Waals surface area contributed by atoms with Crippen molar-refractivity contribution in [2.24, 2.45) is 5.92 Å². The Labute approximate surface area is 117 Å². The largest absolute Gasteiger partial charge is 0.382 e. The molecule has 0 saturated carbocycles. The third kappa shape index (κ3) is 3.10. The molecule has 1 heterocycles. The number of benzene rings is 1. The Morgan fingerprint density at radius 1 is 1.05 bits per heavy atom. The molecule has 20 heavy (non-hydrogen) atoms. The van der Waals surface area contributed by atoms with E-state index in [1.54, 1.807) is 12.1 Å². The summed E-state index contributed by atoms with van der Waals surface area (Å²) in [5.41, 5.74) is 0.156. The topological polar surface area (TPSA) is 77.8 Å². The number of rotatable bonds is 5. The predicted molar refractivity (Wildman–Crippen MR) is 82.3 cm³/mol. The molecule has 1 aromatic carbocycles. The number of aromatic amines is 2. The Morgan fingerprint density at radius 3 is 2.45 bits per heavy atom. The maximum absolute atomic E-state index is 11.9. The average molecular weight is 275 g/mol. The molecule has 5 heteroatoms. The van der Waals surface area contributed by atoms with Gasteiger partial charge in [0.05, 0.1) is 10.8 Å². The molecule has 3 N–H and O–H groups in total. The third-order valence-corrected chi connectivity index (χ3v) is 3.40. The first-order valence-corrected chi connectivity index (χ1v) is 6.99. The lowest BCUT2D eigenvalue weighted by atomic mass is 10.0. The van der Waals surface area contributed by atoms with Crippen molar-refractivity contribution in [2.75, 3.05) is 5.32 Å². The zero-order valence-electron chi connectivity index (χ0n) is 12.1. The van der Waals surface area contributed by atoms with E-state index in [0.29, 0.717) is 22.4 Å². The van der Waals surface area contributed by atoms with Crippen molar-refractivity contribution in [1.82, 2.24) is 10.2 Å². The molecule has 2 rings (SSSR count). The number of hydrogen-bond acceptors (Lipinski definition) is 3. The van der Waals surface area contributed by atoms with Gasteiger partial charge in [0.1, 0.15) is 0 Å². The third-order valence-electron chi connectivity index (χ3n) is 3.40. The van der Waals surface area contributed by atoms with Crippen molar-refractivity contribution in [2.45, 2.75) is 39.7 Å². The van der Waals surface area contributed by atoms with E-state index >= 15 is 0 Å². The molecule has 5 nitrogen and oxygen atoms in total. The first kappa shape index (κ1) is 14.4. The van der Waals surface area contributed by atoms with Crippen LogP contribution in [-0.4, -0.2) is 16.2 Å². The molecule has 1 unspecified atom stereocenters. The van der Waals surface area contributed by atoms with E-state index in [-0.39, 0.29) is 17.2 Å². The number of H-pyrrole nitrogens is 2. The Morgan fingerprint density at radius 2 is 1.75 bits per heavy atom. The van der Waals surface area contributed by atoms with Crippen LogP contribution in [0.15, 0.2) is 27.8 Å². The van der Waals surface area contributed by atoms with E-state index in [9.17, 15) is 9.59 Å². The number of fused-ring (bicyclic) bond motifs is 1. The average Bonchev–Trinajstić information content (AvgIpc) is 2.41. The molecule has 108 valence electrons. The van der Waals surface area contributed by atoms with Gasteiger partial charge in [0.15, 0.2) is 0 Å². The Hall–Kier alpha value is -2.04. The first-order valence-electron chi connectivity index (χ1n) is 6.99. The second-order valence-electron chi connectivity index (χ2n) is 5.65. The zero-order chi connectivity index (χ0) is 14.7. The molecule has 0 spiro atoms. The summed E-state index contributed by atoms with van der Waals surface area (Å²) < 4.78 is 0. The van der Waals surface area contributed by atoms with Gasteiger partial charge in [0.2, 0.25) is 0 Å². The van der Waals surface area contributed by atoms with Gasteiger partial charge in [-0.2, -0.15) is 0 Å². The van der Waals surface area contributed by atoms with Gasteiger partial charge in [-0.05, 0) is 37.8 Å². The standard InChI is InChI=1S/C15H21N3O2/c1-9(2)7-8-10(3)16-12-6-4-5-11-13(12)15(20)18-17-14(11)19/h4-6,9-10,16H,7-8H2,1-3H3,(H,17,19)(H,18,20). The number of nitrogens with one attached hydrogen (secondary N) is 3. The van der Waals surface area contributed by atoms with Gasteiger partial charge >= 0.3 is 0 Å².